The largest absolute Gasteiger partial charge is 0.409 e. The quantitative estimate of drug-likeness (QED) is 0.145. The second-order valence-electron chi connectivity index (χ2n) is 2.83. The van der Waals surface area contributed by atoms with Gasteiger partial charge in [0.25, 0.3) is 0 Å². The number of hydrogen-bond acceptors (Lipinski definition) is 5. The van der Waals surface area contributed by atoms with E-state index in [1.54, 1.807) is 0 Å². The highest BCUT2D eigenvalue weighted by atomic mass is 16.4. The highest BCUT2D eigenvalue weighted by Gasteiger charge is 2.19. The number of nitrogens with zero attached hydrogens (tertiary/aromatic N) is 1. The second-order valence-corrected chi connectivity index (χ2v) is 2.83. The van der Waals surface area contributed by atoms with Gasteiger partial charge in [-0.05, 0) is 19.8 Å². The third kappa shape index (κ3) is 4.44. The highest BCUT2D eigenvalue weighted by molar-refractivity contribution is 6.01. The number of hydrogen-bond donors (Lipinski definition) is 4. The minimum atomic E-state index is -0.978. The first-order valence-corrected chi connectivity index (χ1v) is 3.90. The Morgan fingerprint density at radius 2 is 2.08 bits per heavy atom. The summed E-state index contributed by atoms with van der Waals surface area (Å²) in [6.45, 7) is 1.34. The number of aliphatic hydroxyl groups is 1. The van der Waals surface area contributed by atoms with E-state index >= 15 is 0 Å². The second kappa shape index (κ2) is 5.50. The summed E-state index contributed by atoms with van der Waals surface area (Å²) in [5, 5.41) is 19.8. The number of carbonyl (C=O) groups is 1. The van der Waals surface area contributed by atoms with Gasteiger partial charge in [-0.15, -0.1) is 0 Å². The Morgan fingerprint density at radius 1 is 1.54 bits per heavy atom. The van der Waals surface area contributed by atoms with Gasteiger partial charge in [0.1, 0.15) is 17.8 Å². The van der Waals surface area contributed by atoms with E-state index < -0.39 is 12.1 Å². The maximum absolute atomic E-state index is 11.0. The van der Waals surface area contributed by atoms with Crippen LogP contribution >= 0.6 is 0 Å². The smallest absolute Gasteiger partial charge is 0.149 e. The van der Waals surface area contributed by atoms with Crippen molar-refractivity contribution in [3.8, 4) is 0 Å². The number of rotatable bonds is 5. The van der Waals surface area contributed by atoms with Crippen molar-refractivity contribution in [2.75, 3.05) is 0 Å². The molecule has 0 heterocycles. The summed E-state index contributed by atoms with van der Waals surface area (Å²) in [7, 11) is 0. The normalized spacial score (nSPS) is 16.7. The average Bonchev–Trinajstić information content (AvgIpc) is 2.03. The Kier molecular flexibility index (Phi) is 5.01. The van der Waals surface area contributed by atoms with Crippen LogP contribution in [0.25, 0.3) is 0 Å². The number of ketones is 1. The molecule has 0 saturated heterocycles. The molecule has 0 aliphatic heterocycles. The summed E-state index contributed by atoms with van der Waals surface area (Å²) < 4.78 is 0. The summed E-state index contributed by atoms with van der Waals surface area (Å²) in [5.41, 5.74) is 10.3. The fourth-order valence-electron chi connectivity index (χ4n) is 0.967. The molecule has 0 bridgehead atoms. The molecule has 0 spiro atoms. The summed E-state index contributed by atoms with van der Waals surface area (Å²) >= 11 is 0. The summed E-state index contributed by atoms with van der Waals surface area (Å²) in [5.74, 6) is -1.02. The van der Waals surface area contributed by atoms with Crippen molar-refractivity contribution >= 4 is 11.6 Å². The van der Waals surface area contributed by atoms with Crippen LogP contribution in [-0.2, 0) is 4.79 Å². The van der Waals surface area contributed by atoms with Crippen LogP contribution in [0.5, 0.6) is 0 Å². The molecule has 6 N–H and O–H groups in total. The third-order valence-electron chi connectivity index (χ3n) is 1.71. The van der Waals surface area contributed by atoms with Gasteiger partial charge in [-0.25, -0.2) is 0 Å². The molecular formula is C7H15N3O3. The van der Waals surface area contributed by atoms with Crippen LogP contribution in [0.3, 0.4) is 0 Å². The lowest BCUT2D eigenvalue weighted by molar-refractivity contribution is -0.119. The molecule has 2 unspecified atom stereocenters. The van der Waals surface area contributed by atoms with E-state index in [9.17, 15) is 4.79 Å². The van der Waals surface area contributed by atoms with Crippen LogP contribution in [-0.4, -0.2) is 28.2 Å². The van der Waals surface area contributed by atoms with Gasteiger partial charge in [0, 0.05) is 0 Å². The Balaban J connectivity index is 4.20. The molecular weight excluding hydrogens is 174 g/mol. The predicted molar refractivity (Wildman–Crippen MR) is 47.0 cm³/mol. The first-order chi connectivity index (χ1) is 5.99. The van der Waals surface area contributed by atoms with Gasteiger partial charge >= 0.3 is 0 Å². The fraction of sp³-hybridized carbons (Fsp3) is 0.714. The number of carbonyl (C=O) groups excluding carboxylic acids is 1. The van der Waals surface area contributed by atoms with Crippen molar-refractivity contribution in [3.63, 3.8) is 0 Å². The zero-order chi connectivity index (χ0) is 10.4. The van der Waals surface area contributed by atoms with E-state index in [2.05, 4.69) is 5.16 Å². The summed E-state index contributed by atoms with van der Waals surface area (Å²) in [6.07, 6.45) is -0.461. The van der Waals surface area contributed by atoms with Crippen LogP contribution in [0.2, 0.25) is 0 Å². The van der Waals surface area contributed by atoms with Crippen molar-refractivity contribution in [3.05, 3.63) is 0 Å². The van der Waals surface area contributed by atoms with Crippen LogP contribution in [0.1, 0.15) is 19.8 Å². The lowest BCUT2D eigenvalue weighted by atomic mass is 9.98. The molecule has 0 aromatic heterocycles. The lowest BCUT2D eigenvalue weighted by Gasteiger charge is -2.12. The SMILES string of the molecule is CC(=O)C(CCC(N)O)/C(N)=N/O. The van der Waals surface area contributed by atoms with Gasteiger partial charge in [-0.3, -0.25) is 4.79 Å². The zero-order valence-corrected chi connectivity index (χ0v) is 7.47. The molecule has 2 atom stereocenters. The van der Waals surface area contributed by atoms with Crippen LogP contribution in [0.15, 0.2) is 5.16 Å². The molecule has 0 rings (SSSR count). The Bertz CT molecular complexity index is 203. The molecule has 0 amide bonds. The minimum absolute atomic E-state index is 0.145. The van der Waals surface area contributed by atoms with Gasteiger partial charge in [0.2, 0.25) is 0 Å². The van der Waals surface area contributed by atoms with Crippen LogP contribution in [0, 0.1) is 5.92 Å². The number of nitrogens with two attached hydrogens (primary N) is 2. The Morgan fingerprint density at radius 3 is 2.38 bits per heavy atom. The molecule has 0 saturated carbocycles. The van der Waals surface area contributed by atoms with Gasteiger partial charge in [0.05, 0.1) is 5.92 Å². The number of amidine groups is 1. The first kappa shape index (κ1) is 11.9. The average molecular weight is 189 g/mol. The summed E-state index contributed by atoms with van der Waals surface area (Å²) in [4.78, 5) is 11.0. The lowest BCUT2D eigenvalue weighted by Crippen LogP contribution is -2.31. The van der Waals surface area contributed by atoms with Crippen molar-refractivity contribution < 1.29 is 15.1 Å². The molecule has 0 fully saturated rings. The van der Waals surface area contributed by atoms with Gasteiger partial charge < -0.3 is 21.8 Å². The molecule has 13 heavy (non-hydrogen) atoms. The van der Waals surface area contributed by atoms with E-state index in [-0.39, 0.29) is 24.5 Å². The minimum Gasteiger partial charge on any atom is -0.409 e. The van der Waals surface area contributed by atoms with E-state index in [1.807, 2.05) is 0 Å². The highest BCUT2D eigenvalue weighted by Crippen LogP contribution is 2.08. The van der Waals surface area contributed by atoms with Crippen molar-refractivity contribution in [1.82, 2.24) is 0 Å². The molecule has 0 aromatic carbocycles. The standard InChI is InChI=1S/C7H15N3O3/c1-4(11)5(7(9)10-13)2-3-6(8)12/h5-6,12-13H,2-3,8H2,1H3,(H2,9,10). The van der Waals surface area contributed by atoms with E-state index in [0.29, 0.717) is 0 Å². The van der Waals surface area contributed by atoms with Crippen LogP contribution < -0.4 is 11.5 Å². The molecule has 0 aliphatic carbocycles. The maximum atomic E-state index is 11.0. The topological polar surface area (TPSA) is 122 Å². The Labute approximate surface area is 76.2 Å². The molecule has 6 heteroatoms. The third-order valence-corrected chi connectivity index (χ3v) is 1.71. The van der Waals surface area contributed by atoms with Crippen LogP contribution in [0.4, 0.5) is 0 Å². The Hall–Kier alpha value is -1.14. The molecule has 6 nitrogen and oxygen atoms in total. The molecule has 76 valence electrons. The van der Waals surface area contributed by atoms with Crippen molar-refractivity contribution in [2.24, 2.45) is 22.5 Å². The molecule has 0 aromatic rings. The van der Waals surface area contributed by atoms with Crippen molar-refractivity contribution in [2.45, 2.75) is 26.0 Å². The van der Waals surface area contributed by atoms with Gasteiger partial charge in [-0.1, -0.05) is 5.16 Å². The fourth-order valence-corrected chi connectivity index (χ4v) is 0.967. The number of Topliss-reactive ketones (excluding diaryl/α,β-unsaturated/α-hetero) is 1. The maximum Gasteiger partial charge on any atom is 0.149 e. The number of aliphatic hydroxyl groups excluding tert-OH is 1. The van der Waals surface area contributed by atoms with E-state index in [0.717, 1.165) is 0 Å². The zero-order valence-electron chi connectivity index (χ0n) is 7.47. The van der Waals surface area contributed by atoms with Crippen molar-refractivity contribution in [1.29, 1.82) is 0 Å². The molecule has 0 radical (unpaired) electrons. The van der Waals surface area contributed by atoms with Gasteiger partial charge in [-0.2, -0.15) is 0 Å². The molecule has 0 aliphatic rings. The van der Waals surface area contributed by atoms with E-state index in [1.165, 1.54) is 6.92 Å². The van der Waals surface area contributed by atoms with Gasteiger partial charge in [0.15, 0.2) is 0 Å². The number of oxime groups is 1. The predicted octanol–water partition coefficient (Wildman–Crippen LogP) is -1.00. The summed E-state index contributed by atoms with van der Waals surface area (Å²) in [6, 6.07) is 0. The van der Waals surface area contributed by atoms with E-state index in [4.69, 9.17) is 21.8 Å². The monoisotopic (exact) mass is 189 g/mol. The first-order valence-electron chi connectivity index (χ1n) is 3.90.